The molecule has 134 valence electrons. The highest BCUT2D eigenvalue weighted by Gasteiger charge is 2.26. The van der Waals surface area contributed by atoms with Crippen LogP contribution in [0.3, 0.4) is 0 Å². The molecule has 0 radical (unpaired) electrons. The lowest BCUT2D eigenvalue weighted by molar-refractivity contribution is 0.0197. The average Bonchev–Trinajstić information content (AvgIpc) is 2.55. The minimum Gasteiger partial charge on any atom is -0.444 e. The Kier molecular flexibility index (Phi) is 5.41. The number of carbonyl (C=O) groups excluding carboxylic acids is 1. The summed E-state index contributed by atoms with van der Waals surface area (Å²) in [5.41, 5.74) is -0.459. The first-order valence-corrected chi connectivity index (χ1v) is 9.43. The summed E-state index contributed by atoms with van der Waals surface area (Å²) in [4.78, 5) is 19.2. The van der Waals surface area contributed by atoms with Crippen LogP contribution >= 0.6 is 23.5 Å². The number of fused-ring (bicyclic) bond motifs is 1. The van der Waals surface area contributed by atoms with Gasteiger partial charge in [0.1, 0.15) is 10.8 Å². The van der Waals surface area contributed by atoms with Gasteiger partial charge < -0.3 is 9.64 Å². The third-order valence-electron chi connectivity index (χ3n) is 3.84. The quantitative estimate of drug-likeness (QED) is 0.569. The normalized spacial score (nSPS) is 16.2. The molecule has 1 aromatic carbocycles. The van der Waals surface area contributed by atoms with E-state index in [9.17, 15) is 4.79 Å². The molecule has 0 saturated carbocycles. The van der Waals surface area contributed by atoms with Gasteiger partial charge in [0.25, 0.3) is 0 Å². The second kappa shape index (κ2) is 7.40. The minimum atomic E-state index is -0.459. The van der Waals surface area contributed by atoms with Crippen molar-refractivity contribution in [3.63, 3.8) is 0 Å². The van der Waals surface area contributed by atoms with Crippen LogP contribution in [-0.4, -0.2) is 52.1 Å². The molecule has 2 aromatic rings. The van der Waals surface area contributed by atoms with Gasteiger partial charge in [0.05, 0.1) is 0 Å². The Balaban J connectivity index is 1.63. The van der Waals surface area contributed by atoms with Gasteiger partial charge in [0.2, 0.25) is 0 Å². The van der Waals surface area contributed by atoms with E-state index in [-0.39, 0.29) is 6.09 Å². The molecule has 0 N–H and O–H groups in total. The molecule has 0 aliphatic carbocycles. The molecular weight excluding hydrogens is 358 g/mol. The Morgan fingerprint density at radius 3 is 2.56 bits per heavy atom. The third kappa shape index (κ3) is 4.57. The van der Waals surface area contributed by atoms with Crippen molar-refractivity contribution >= 4 is 40.4 Å². The molecule has 1 aliphatic heterocycles. The summed E-state index contributed by atoms with van der Waals surface area (Å²) in [6, 6.07) is 8.05. The SMILES string of the molecule is CC(C)(C)OC(=O)N1CCN(Sc2cccc3c(Cl)nccc23)CC1. The van der Waals surface area contributed by atoms with Crippen LogP contribution in [0.5, 0.6) is 0 Å². The van der Waals surface area contributed by atoms with Crippen molar-refractivity contribution in [2.45, 2.75) is 31.3 Å². The molecule has 5 nitrogen and oxygen atoms in total. The van der Waals surface area contributed by atoms with Crippen LogP contribution in [0, 0.1) is 0 Å². The highest BCUT2D eigenvalue weighted by Crippen LogP contribution is 2.33. The summed E-state index contributed by atoms with van der Waals surface area (Å²) >= 11 is 7.88. The van der Waals surface area contributed by atoms with E-state index in [4.69, 9.17) is 16.3 Å². The van der Waals surface area contributed by atoms with Crippen molar-refractivity contribution in [3.05, 3.63) is 35.6 Å². The smallest absolute Gasteiger partial charge is 0.410 e. The van der Waals surface area contributed by atoms with Gasteiger partial charge in [-0.3, -0.25) is 0 Å². The number of pyridine rings is 1. The third-order valence-corrected chi connectivity index (χ3v) is 5.31. The molecule has 2 heterocycles. The predicted octanol–water partition coefficient (Wildman–Crippen LogP) is 4.45. The van der Waals surface area contributed by atoms with E-state index in [0.29, 0.717) is 18.2 Å². The first kappa shape index (κ1) is 18.3. The van der Waals surface area contributed by atoms with Gasteiger partial charge >= 0.3 is 6.09 Å². The average molecular weight is 380 g/mol. The van der Waals surface area contributed by atoms with Crippen LogP contribution in [0.4, 0.5) is 4.79 Å². The molecule has 1 fully saturated rings. The van der Waals surface area contributed by atoms with Crippen LogP contribution < -0.4 is 0 Å². The van der Waals surface area contributed by atoms with E-state index in [1.165, 1.54) is 0 Å². The molecular formula is C18H22ClN3O2S. The van der Waals surface area contributed by atoms with Crippen molar-refractivity contribution in [3.8, 4) is 0 Å². The van der Waals surface area contributed by atoms with Gasteiger partial charge in [0, 0.05) is 48.0 Å². The van der Waals surface area contributed by atoms with Gasteiger partial charge in [-0.1, -0.05) is 23.7 Å². The lowest BCUT2D eigenvalue weighted by Gasteiger charge is -2.35. The van der Waals surface area contributed by atoms with Crippen LogP contribution in [0.2, 0.25) is 5.15 Å². The second-order valence-corrected chi connectivity index (χ2v) is 8.44. The van der Waals surface area contributed by atoms with Crippen molar-refractivity contribution in [2.75, 3.05) is 26.2 Å². The van der Waals surface area contributed by atoms with Gasteiger partial charge in [-0.05, 0) is 44.9 Å². The maximum Gasteiger partial charge on any atom is 0.410 e. The summed E-state index contributed by atoms with van der Waals surface area (Å²) in [7, 11) is 0. The molecule has 1 aromatic heterocycles. The van der Waals surface area contributed by atoms with Crippen LogP contribution in [-0.2, 0) is 4.74 Å². The fraction of sp³-hybridized carbons (Fsp3) is 0.444. The molecule has 1 aliphatic rings. The number of nitrogens with zero attached hydrogens (tertiary/aromatic N) is 3. The van der Waals surface area contributed by atoms with Crippen molar-refractivity contribution < 1.29 is 9.53 Å². The zero-order chi connectivity index (χ0) is 18.0. The number of amides is 1. The Morgan fingerprint density at radius 2 is 1.88 bits per heavy atom. The molecule has 0 unspecified atom stereocenters. The van der Waals surface area contributed by atoms with E-state index in [2.05, 4.69) is 15.4 Å². The summed E-state index contributed by atoms with van der Waals surface area (Å²) in [5, 5.41) is 2.58. The zero-order valence-electron chi connectivity index (χ0n) is 14.7. The summed E-state index contributed by atoms with van der Waals surface area (Å²) in [6.07, 6.45) is 1.50. The zero-order valence-corrected chi connectivity index (χ0v) is 16.2. The molecule has 3 rings (SSSR count). The number of carbonyl (C=O) groups is 1. The maximum absolute atomic E-state index is 12.1. The lowest BCUT2D eigenvalue weighted by atomic mass is 10.2. The topological polar surface area (TPSA) is 45.7 Å². The van der Waals surface area contributed by atoms with E-state index in [1.807, 2.05) is 39.0 Å². The fourth-order valence-corrected chi connectivity index (χ4v) is 3.91. The van der Waals surface area contributed by atoms with Gasteiger partial charge in [0.15, 0.2) is 0 Å². The number of aromatic nitrogens is 1. The first-order valence-electron chi connectivity index (χ1n) is 8.27. The van der Waals surface area contributed by atoms with Crippen molar-refractivity contribution in [1.82, 2.24) is 14.2 Å². The molecule has 1 saturated heterocycles. The first-order chi connectivity index (χ1) is 11.8. The molecule has 0 atom stereocenters. The molecule has 0 spiro atoms. The lowest BCUT2D eigenvalue weighted by Crippen LogP contribution is -2.47. The van der Waals surface area contributed by atoms with Gasteiger partial charge in [-0.25, -0.2) is 14.1 Å². The highest BCUT2D eigenvalue weighted by molar-refractivity contribution is 7.97. The van der Waals surface area contributed by atoms with Crippen LogP contribution in [0.1, 0.15) is 20.8 Å². The van der Waals surface area contributed by atoms with Gasteiger partial charge in [-0.15, -0.1) is 0 Å². The number of rotatable bonds is 2. The van der Waals surface area contributed by atoms with E-state index < -0.39 is 5.60 Å². The number of hydrogen-bond acceptors (Lipinski definition) is 5. The van der Waals surface area contributed by atoms with E-state index in [0.717, 1.165) is 28.8 Å². The highest BCUT2D eigenvalue weighted by atomic mass is 35.5. The fourth-order valence-electron chi connectivity index (χ4n) is 2.65. The largest absolute Gasteiger partial charge is 0.444 e. The molecule has 1 amide bonds. The Bertz CT molecular complexity index is 770. The van der Waals surface area contributed by atoms with E-state index in [1.54, 1.807) is 23.0 Å². The monoisotopic (exact) mass is 379 g/mol. The Labute approximate surface area is 157 Å². The molecule has 0 bridgehead atoms. The summed E-state index contributed by atoms with van der Waals surface area (Å²) in [6.45, 7) is 8.56. The van der Waals surface area contributed by atoms with Crippen molar-refractivity contribution in [2.24, 2.45) is 0 Å². The Morgan fingerprint density at radius 1 is 1.16 bits per heavy atom. The standard InChI is InChI=1S/C18H22ClN3O2S/c1-18(2,3)24-17(23)21-9-11-22(12-10-21)25-15-6-4-5-14-13(15)7-8-20-16(14)19/h4-8H,9-12H2,1-3H3. The molecule has 25 heavy (non-hydrogen) atoms. The van der Waals surface area contributed by atoms with Crippen molar-refractivity contribution in [1.29, 1.82) is 0 Å². The summed E-state index contributed by atoms with van der Waals surface area (Å²) in [5.74, 6) is 0. The van der Waals surface area contributed by atoms with Crippen LogP contribution in [0.15, 0.2) is 35.4 Å². The predicted molar refractivity (Wildman–Crippen MR) is 102 cm³/mol. The van der Waals surface area contributed by atoms with Crippen LogP contribution in [0.25, 0.3) is 10.8 Å². The van der Waals surface area contributed by atoms with Gasteiger partial charge in [-0.2, -0.15) is 0 Å². The number of hydrogen-bond donors (Lipinski definition) is 0. The second-order valence-electron chi connectivity index (χ2n) is 6.94. The Hall–Kier alpha value is -1.50. The van der Waals surface area contributed by atoms with E-state index >= 15 is 0 Å². The number of benzene rings is 1. The molecule has 7 heteroatoms. The number of halogens is 1. The number of ether oxygens (including phenoxy) is 1. The maximum atomic E-state index is 12.1. The number of piperazine rings is 1. The summed E-state index contributed by atoms with van der Waals surface area (Å²) < 4.78 is 7.71. The minimum absolute atomic E-state index is 0.236.